The van der Waals surface area contributed by atoms with E-state index in [4.69, 9.17) is 5.11 Å². The van der Waals surface area contributed by atoms with Gasteiger partial charge in [-0.2, -0.15) is 0 Å². The molecule has 3 atom stereocenters. The van der Waals surface area contributed by atoms with Gasteiger partial charge >= 0.3 is 5.97 Å². The third kappa shape index (κ3) is 18.0. The molecular weight excluding hydrogens is 344 g/mol. The van der Waals surface area contributed by atoms with Gasteiger partial charge in [-0.25, -0.2) is 0 Å². The van der Waals surface area contributed by atoms with Crippen LogP contribution in [0, 0.1) is 23.7 Å². The maximum atomic E-state index is 10.3. The number of carbonyl (C=O) groups is 1. The Morgan fingerprint density at radius 1 is 1.00 bits per heavy atom. The van der Waals surface area contributed by atoms with Gasteiger partial charge in [0.05, 0.1) is 12.2 Å². The second kappa shape index (κ2) is 16.9. The summed E-state index contributed by atoms with van der Waals surface area (Å²) in [4.78, 5) is 10.3. The molecule has 0 spiro atoms. The molecule has 27 heavy (non-hydrogen) atoms. The van der Waals surface area contributed by atoms with E-state index >= 15 is 0 Å². The first-order valence-corrected chi connectivity index (χ1v) is 8.86. The smallest absolute Gasteiger partial charge is 0.303 e. The molecule has 0 fully saturated rings. The largest absolute Gasteiger partial charge is 0.481 e. The van der Waals surface area contributed by atoms with E-state index in [0.29, 0.717) is 6.42 Å². The second-order valence-electron chi connectivity index (χ2n) is 5.62. The summed E-state index contributed by atoms with van der Waals surface area (Å²) in [6.45, 7) is 2.03. The molecule has 0 aliphatic rings. The molecular formula is C22H28O5. The predicted octanol–water partition coefficient (Wildman–Crippen LogP) is 2.36. The number of aliphatic hydroxyl groups is 3. The molecule has 146 valence electrons. The first-order valence-electron chi connectivity index (χ1n) is 8.86. The van der Waals surface area contributed by atoms with E-state index in [0.717, 1.165) is 6.42 Å². The zero-order chi connectivity index (χ0) is 20.3. The summed E-state index contributed by atoms with van der Waals surface area (Å²) < 4.78 is 0. The third-order valence-corrected chi connectivity index (χ3v) is 3.10. The monoisotopic (exact) mass is 372 g/mol. The van der Waals surface area contributed by atoms with Crippen LogP contribution in [0.3, 0.4) is 0 Å². The minimum atomic E-state index is -0.970. The van der Waals surface area contributed by atoms with Crippen LogP contribution in [0.1, 0.15) is 39.0 Å². The van der Waals surface area contributed by atoms with Crippen LogP contribution in [-0.2, 0) is 4.79 Å². The van der Waals surface area contributed by atoms with Crippen molar-refractivity contribution < 1.29 is 25.2 Å². The lowest BCUT2D eigenvalue weighted by molar-refractivity contribution is -0.137. The van der Waals surface area contributed by atoms with Crippen LogP contribution in [0.4, 0.5) is 0 Å². The summed E-state index contributed by atoms with van der Waals surface area (Å²) in [6, 6.07) is 0. The molecule has 0 aliphatic heterocycles. The van der Waals surface area contributed by atoms with Gasteiger partial charge in [-0.05, 0) is 37.5 Å². The molecule has 0 saturated heterocycles. The van der Waals surface area contributed by atoms with E-state index in [1.54, 1.807) is 30.4 Å². The van der Waals surface area contributed by atoms with Gasteiger partial charge in [0.25, 0.3) is 0 Å². The molecule has 0 unspecified atom stereocenters. The van der Waals surface area contributed by atoms with Gasteiger partial charge in [-0.3, -0.25) is 4.79 Å². The summed E-state index contributed by atoms with van der Waals surface area (Å²) >= 11 is 0. The van der Waals surface area contributed by atoms with E-state index in [2.05, 4.69) is 23.7 Å². The van der Waals surface area contributed by atoms with Gasteiger partial charge in [0.1, 0.15) is 6.10 Å². The van der Waals surface area contributed by atoms with Crippen LogP contribution in [0.15, 0.2) is 48.6 Å². The molecule has 0 aromatic heterocycles. The molecule has 4 N–H and O–H groups in total. The Bertz CT molecular complexity index is 650. The molecule has 5 heteroatoms. The number of aliphatic hydroxyl groups excluding tert-OH is 3. The van der Waals surface area contributed by atoms with Crippen molar-refractivity contribution in [3.05, 3.63) is 48.6 Å². The fourth-order valence-corrected chi connectivity index (χ4v) is 1.70. The highest BCUT2D eigenvalue weighted by Crippen LogP contribution is 1.97. The van der Waals surface area contributed by atoms with E-state index in [1.807, 2.05) is 19.1 Å². The molecule has 0 bridgehead atoms. The molecule has 0 aromatic rings. The van der Waals surface area contributed by atoms with Crippen molar-refractivity contribution in [2.45, 2.75) is 57.3 Å². The average molecular weight is 372 g/mol. The van der Waals surface area contributed by atoms with E-state index in [-0.39, 0.29) is 19.3 Å². The summed E-state index contributed by atoms with van der Waals surface area (Å²) in [6.07, 6.45) is 12.9. The Morgan fingerprint density at radius 3 is 2.48 bits per heavy atom. The number of carboxylic acids is 1. The number of rotatable bonds is 10. The zero-order valence-electron chi connectivity index (χ0n) is 15.6. The van der Waals surface area contributed by atoms with Gasteiger partial charge in [0, 0.05) is 12.8 Å². The Hall–Kier alpha value is -2.57. The van der Waals surface area contributed by atoms with Gasteiger partial charge in [0.15, 0.2) is 0 Å². The van der Waals surface area contributed by atoms with Crippen molar-refractivity contribution in [2.24, 2.45) is 0 Å². The third-order valence-electron chi connectivity index (χ3n) is 3.10. The van der Waals surface area contributed by atoms with Crippen molar-refractivity contribution in [3.8, 4) is 23.7 Å². The Morgan fingerprint density at radius 2 is 1.78 bits per heavy atom. The van der Waals surface area contributed by atoms with Crippen LogP contribution in [0.5, 0.6) is 0 Å². The maximum absolute atomic E-state index is 10.3. The Kier molecular flexibility index (Phi) is 15.3. The first kappa shape index (κ1) is 24.4. The molecule has 0 rings (SSSR count). The van der Waals surface area contributed by atoms with Crippen LogP contribution in [-0.4, -0.2) is 44.7 Å². The van der Waals surface area contributed by atoms with Crippen molar-refractivity contribution in [2.75, 3.05) is 0 Å². The molecule has 0 aromatic carbocycles. The first-order chi connectivity index (χ1) is 13.0. The highest BCUT2D eigenvalue weighted by atomic mass is 16.4. The quantitative estimate of drug-likeness (QED) is 0.268. The number of hydrogen-bond acceptors (Lipinski definition) is 4. The highest BCUT2D eigenvalue weighted by Gasteiger charge is 2.02. The average Bonchev–Trinajstić information content (AvgIpc) is 2.62. The van der Waals surface area contributed by atoms with E-state index in [1.165, 1.54) is 6.08 Å². The summed E-state index contributed by atoms with van der Waals surface area (Å²) in [5.41, 5.74) is 0. The normalized spacial score (nSPS) is 14.8. The zero-order valence-corrected chi connectivity index (χ0v) is 15.6. The number of aliphatic carboxylic acids is 1. The van der Waals surface area contributed by atoms with Gasteiger partial charge in [-0.1, -0.05) is 61.0 Å². The van der Waals surface area contributed by atoms with Gasteiger partial charge in [-0.15, -0.1) is 0 Å². The number of allylic oxidation sites excluding steroid dienone is 5. The van der Waals surface area contributed by atoms with Crippen LogP contribution < -0.4 is 0 Å². The Balaban J connectivity index is 4.10. The van der Waals surface area contributed by atoms with E-state index in [9.17, 15) is 20.1 Å². The van der Waals surface area contributed by atoms with Gasteiger partial charge in [0.2, 0.25) is 0 Å². The topological polar surface area (TPSA) is 98.0 Å². The molecule has 5 nitrogen and oxygen atoms in total. The molecule has 0 radical (unpaired) electrons. The minimum Gasteiger partial charge on any atom is -0.481 e. The lowest BCUT2D eigenvalue weighted by Gasteiger charge is -1.98. The van der Waals surface area contributed by atoms with Crippen molar-refractivity contribution in [1.29, 1.82) is 0 Å². The van der Waals surface area contributed by atoms with Gasteiger partial charge < -0.3 is 20.4 Å². The number of hydrogen-bond donors (Lipinski definition) is 4. The van der Waals surface area contributed by atoms with Crippen molar-refractivity contribution in [3.63, 3.8) is 0 Å². The van der Waals surface area contributed by atoms with Crippen LogP contribution >= 0.6 is 0 Å². The molecule has 0 heterocycles. The fraction of sp³-hybridized carbons (Fsp3) is 0.409. The summed E-state index contributed by atoms with van der Waals surface area (Å²) in [5.74, 6) is 9.69. The minimum absolute atomic E-state index is 0.0876. The highest BCUT2D eigenvalue weighted by molar-refractivity contribution is 5.66. The standard InChI is InChI=1S/C22H28O5/c1-2-3-7-12-19(23)14-10-6-11-15-20(24)13-8-4-5-9-16-21(25)17-18-22(26)27/h3-5,7-8,10,13-14,19-21,23-25H,2,12,15,17-18H2,1H3,(H,26,27)/b5-4+,7-3+,13-8+,14-10+/t19-,20+,21-/m1/s1. The lowest BCUT2D eigenvalue weighted by atomic mass is 10.2. The SMILES string of the molecule is CC/C=C/C[C@@H](O)/C=C/C#CC[C@@H](O)/C=C/C=C/C#C[C@@H](O)CCC(=O)O. The van der Waals surface area contributed by atoms with Crippen LogP contribution in [0.25, 0.3) is 0 Å². The molecule has 0 saturated carbocycles. The molecule has 0 amide bonds. The summed E-state index contributed by atoms with van der Waals surface area (Å²) in [7, 11) is 0. The van der Waals surface area contributed by atoms with Crippen LogP contribution in [0.2, 0.25) is 0 Å². The second-order valence-corrected chi connectivity index (χ2v) is 5.62. The van der Waals surface area contributed by atoms with Crippen molar-refractivity contribution >= 4 is 5.97 Å². The van der Waals surface area contributed by atoms with E-state index < -0.39 is 24.3 Å². The van der Waals surface area contributed by atoms with Crippen molar-refractivity contribution in [1.82, 2.24) is 0 Å². The predicted molar refractivity (Wildman–Crippen MR) is 107 cm³/mol. The Labute approximate surface area is 161 Å². The number of carboxylic acid groups (broad SMARTS) is 1. The maximum Gasteiger partial charge on any atom is 0.303 e. The lowest BCUT2D eigenvalue weighted by Crippen LogP contribution is -2.06. The molecule has 0 aliphatic carbocycles. The summed E-state index contributed by atoms with van der Waals surface area (Å²) in [5, 5.41) is 37.2. The fourth-order valence-electron chi connectivity index (χ4n) is 1.70.